The van der Waals surface area contributed by atoms with Gasteiger partial charge in [0.1, 0.15) is 11.6 Å². The van der Waals surface area contributed by atoms with Gasteiger partial charge in [-0.15, -0.1) is 11.3 Å². The lowest BCUT2D eigenvalue weighted by Crippen LogP contribution is -2.25. The van der Waals surface area contributed by atoms with Gasteiger partial charge < -0.3 is 9.32 Å². The van der Waals surface area contributed by atoms with Gasteiger partial charge in [-0.25, -0.2) is 4.39 Å². The average Bonchev–Trinajstić information content (AvgIpc) is 3.16. The second-order valence-electron chi connectivity index (χ2n) is 5.04. The highest BCUT2D eigenvalue weighted by Crippen LogP contribution is 2.25. The molecule has 0 saturated carbocycles. The topological polar surface area (TPSA) is 33.5 Å². The van der Waals surface area contributed by atoms with Crippen LogP contribution in [0.1, 0.15) is 15.4 Å². The van der Waals surface area contributed by atoms with Crippen LogP contribution in [0.15, 0.2) is 52.9 Å². The van der Waals surface area contributed by atoms with Crippen LogP contribution in [0, 0.1) is 5.82 Å². The maximum Gasteiger partial charge on any atom is 0.289 e. The van der Waals surface area contributed by atoms with Crippen molar-refractivity contribution in [2.45, 2.75) is 6.54 Å². The van der Waals surface area contributed by atoms with E-state index < -0.39 is 0 Å². The fraction of sp³-hybridized carbons (Fsp3) is 0.118. The molecule has 0 saturated heterocycles. The summed E-state index contributed by atoms with van der Waals surface area (Å²) in [4.78, 5) is 15.0. The molecule has 0 N–H and O–H groups in total. The first kappa shape index (κ1) is 15.8. The molecule has 0 fully saturated rings. The molecule has 0 aliphatic heterocycles. The van der Waals surface area contributed by atoms with Crippen LogP contribution in [-0.4, -0.2) is 17.9 Å². The first-order valence-corrected chi connectivity index (χ1v) is 8.08. The maximum absolute atomic E-state index is 13.0. The zero-order valence-corrected chi connectivity index (χ0v) is 13.8. The maximum atomic E-state index is 13.0. The van der Waals surface area contributed by atoms with Crippen molar-refractivity contribution in [1.82, 2.24) is 4.90 Å². The molecular weight excluding hydrogens is 337 g/mol. The smallest absolute Gasteiger partial charge is 0.289 e. The van der Waals surface area contributed by atoms with E-state index >= 15 is 0 Å². The number of carbonyl (C=O) groups is 1. The standard InChI is InChI=1S/C17H13ClFNO2S/c1-20(10-13-6-9-16(18)23-13)17(21)15-8-7-14(22-15)11-2-4-12(19)5-3-11/h2-9H,10H2,1H3. The number of halogens is 2. The number of rotatable bonds is 4. The van der Waals surface area contributed by atoms with E-state index in [-0.39, 0.29) is 17.5 Å². The molecule has 0 spiro atoms. The summed E-state index contributed by atoms with van der Waals surface area (Å²) in [7, 11) is 1.70. The first-order valence-electron chi connectivity index (χ1n) is 6.88. The van der Waals surface area contributed by atoms with Gasteiger partial charge in [0.2, 0.25) is 0 Å². The largest absolute Gasteiger partial charge is 0.451 e. The van der Waals surface area contributed by atoms with Crippen molar-refractivity contribution in [2.24, 2.45) is 0 Å². The van der Waals surface area contributed by atoms with Gasteiger partial charge in [0, 0.05) is 17.5 Å². The Kier molecular flexibility index (Phi) is 4.50. The second-order valence-corrected chi connectivity index (χ2v) is 6.84. The fourth-order valence-electron chi connectivity index (χ4n) is 2.15. The highest BCUT2D eigenvalue weighted by molar-refractivity contribution is 7.16. The van der Waals surface area contributed by atoms with Crippen LogP contribution in [-0.2, 0) is 6.54 Å². The number of nitrogens with zero attached hydrogens (tertiary/aromatic N) is 1. The number of amides is 1. The van der Waals surface area contributed by atoms with Gasteiger partial charge in [-0.05, 0) is 48.5 Å². The lowest BCUT2D eigenvalue weighted by Gasteiger charge is -2.14. The molecule has 3 nitrogen and oxygen atoms in total. The van der Waals surface area contributed by atoms with Crippen molar-refractivity contribution >= 4 is 28.8 Å². The van der Waals surface area contributed by atoms with Crippen LogP contribution in [0.25, 0.3) is 11.3 Å². The zero-order valence-electron chi connectivity index (χ0n) is 12.3. The van der Waals surface area contributed by atoms with Crippen molar-refractivity contribution in [3.8, 4) is 11.3 Å². The van der Waals surface area contributed by atoms with E-state index in [0.29, 0.717) is 16.6 Å². The number of hydrogen-bond acceptors (Lipinski definition) is 3. The predicted molar refractivity (Wildman–Crippen MR) is 89.2 cm³/mol. The van der Waals surface area contributed by atoms with Crippen molar-refractivity contribution in [2.75, 3.05) is 7.05 Å². The number of hydrogen-bond donors (Lipinski definition) is 0. The quantitative estimate of drug-likeness (QED) is 0.658. The SMILES string of the molecule is CN(Cc1ccc(Cl)s1)C(=O)c1ccc(-c2ccc(F)cc2)o1. The van der Waals surface area contributed by atoms with E-state index in [2.05, 4.69) is 0 Å². The molecule has 0 radical (unpaired) electrons. The molecule has 2 aromatic heterocycles. The number of furan rings is 1. The Morgan fingerprint density at radius 1 is 1.17 bits per heavy atom. The van der Waals surface area contributed by atoms with Gasteiger partial charge in [0.25, 0.3) is 5.91 Å². The molecule has 23 heavy (non-hydrogen) atoms. The Hall–Kier alpha value is -2.11. The highest BCUT2D eigenvalue weighted by Gasteiger charge is 2.17. The van der Waals surface area contributed by atoms with Gasteiger partial charge in [-0.3, -0.25) is 4.79 Å². The third-order valence-corrected chi connectivity index (χ3v) is 4.53. The normalized spacial score (nSPS) is 10.7. The van der Waals surface area contributed by atoms with Crippen LogP contribution >= 0.6 is 22.9 Å². The van der Waals surface area contributed by atoms with E-state index in [0.717, 1.165) is 10.4 Å². The minimum Gasteiger partial charge on any atom is -0.451 e. The predicted octanol–water partition coefficient (Wildman–Crippen LogP) is 5.07. The Morgan fingerprint density at radius 2 is 1.91 bits per heavy atom. The molecule has 1 aromatic carbocycles. The van der Waals surface area contributed by atoms with Gasteiger partial charge in [-0.2, -0.15) is 0 Å². The van der Waals surface area contributed by atoms with Crippen molar-refractivity contribution in [3.63, 3.8) is 0 Å². The molecule has 118 valence electrons. The monoisotopic (exact) mass is 349 g/mol. The number of thiophene rings is 1. The molecule has 0 aliphatic carbocycles. The molecule has 0 aliphatic rings. The summed E-state index contributed by atoms with van der Waals surface area (Å²) >= 11 is 7.33. The van der Waals surface area contributed by atoms with Gasteiger partial charge >= 0.3 is 0 Å². The molecule has 0 unspecified atom stereocenters. The van der Waals surface area contributed by atoms with E-state index in [4.69, 9.17) is 16.0 Å². The second kappa shape index (κ2) is 6.56. The van der Waals surface area contributed by atoms with E-state index in [1.54, 1.807) is 42.3 Å². The van der Waals surface area contributed by atoms with Crippen LogP contribution in [0.5, 0.6) is 0 Å². The number of carbonyl (C=O) groups excluding carboxylic acids is 1. The summed E-state index contributed by atoms with van der Waals surface area (Å²) in [5.74, 6) is 0.240. The minimum absolute atomic E-state index is 0.220. The van der Waals surface area contributed by atoms with E-state index in [9.17, 15) is 9.18 Å². The summed E-state index contributed by atoms with van der Waals surface area (Å²) < 4.78 is 19.2. The molecule has 2 heterocycles. The van der Waals surface area contributed by atoms with Crippen LogP contribution in [0.4, 0.5) is 4.39 Å². The van der Waals surface area contributed by atoms with Crippen LogP contribution in [0.3, 0.4) is 0 Å². The third kappa shape index (κ3) is 3.63. The van der Waals surface area contributed by atoms with E-state index in [1.807, 2.05) is 6.07 Å². The lowest BCUT2D eigenvalue weighted by molar-refractivity contribution is 0.0756. The first-order chi connectivity index (χ1) is 11.0. The molecule has 3 aromatic rings. The summed E-state index contributed by atoms with van der Waals surface area (Å²) in [6.07, 6.45) is 0. The number of benzene rings is 1. The Balaban J connectivity index is 1.74. The molecule has 0 atom stereocenters. The Bertz CT molecular complexity index is 825. The van der Waals surface area contributed by atoms with Crippen molar-refractivity contribution in [1.29, 1.82) is 0 Å². The fourth-order valence-corrected chi connectivity index (χ4v) is 3.29. The van der Waals surface area contributed by atoms with Crippen LogP contribution < -0.4 is 0 Å². The molecular formula is C17H13ClFNO2S. The van der Waals surface area contributed by atoms with Gasteiger partial charge in [-0.1, -0.05) is 11.6 Å². The zero-order chi connectivity index (χ0) is 16.4. The summed E-state index contributed by atoms with van der Waals surface area (Å²) in [5.41, 5.74) is 0.721. The summed E-state index contributed by atoms with van der Waals surface area (Å²) in [6, 6.07) is 13.0. The molecule has 1 amide bonds. The molecule has 0 bridgehead atoms. The van der Waals surface area contributed by atoms with E-state index in [1.165, 1.54) is 23.5 Å². The van der Waals surface area contributed by atoms with Crippen molar-refractivity contribution in [3.05, 3.63) is 69.3 Å². The molecule has 3 rings (SSSR count). The summed E-state index contributed by atoms with van der Waals surface area (Å²) in [6.45, 7) is 0.461. The average molecular weight is 350 g/mol. The Morgan fingerprint density at radius 3 is 2.57 bits per heavy atom. The Labute approximate surface area is 141 Å². The van der Waals surface area contributed by atoms with Crippen molar-refractivity contribution < 1.29 is 13.6 Å². The summed E-state index contributed by atoms with van der Waals surface area (Å²) in [5, 5.41) is 0. The molecule has 6 heteroatoms. The van der Waals surface area contributed by atoms with Gasteiger partial charge in [0.05, 0.1) is 10.9 Å². The highest BCUT2D eigenvalue weighted by atomic mass is 35.5. The lowest BCUT2D eigenvalue weighted by atomic mass is 10.2. The van der Waals surface area contributed by atoms with Crippen LogP contribution in [0.2, 0.25) is 4.34 Å². The minimum atomic E-state index is -0.314. The third-order valence-electron chi connectivity index (χ3n) is 3.31. The van der Waals surface area contributed by atoms with Gasteiger partial charge in [0.15, 0.2) is 5.76 Å².